The predicted octanol–water partition coefficient (Wildman–Crippen LogP) is 1.14. The minimum absolute atomic E-state index is 0.0635. The molecule has 2 amide bonds. The number of hydrogen-bond acceptors (Lipinski definition) is 2. The van der Waals surface area contributed by atoms with Gasteiger partial charge in [-0.15, -0.1) is 0 Å². The highest BCUT2D eigenvalue weighted by molar-refractivity contribution is 5.95. The summed E-state index contributed by atoms with van der Waals surface area (Å²) in [6.45, 7) is 4.73. The van der Waals surface area contributed by atoms with Crippen LogP contribution in [0.3, 0.4) is 0 Å². The maximum Gasteiger partial charge on any atom is 0.282 e. The number of aryl methyl sites for hydroxylation is 1. The molecule has 126 valence electrons. The van der Waals surface area contributed by atoms with Crippen LogP contribution in [0.15, 0.2) is 48.5 Å². The number of carbonyl (C=O) groups is 2. The number of nitrogens with one attached hydrogen (secondary N) is 2. The van der Waals surface area contributed by atoms with Crippen molar-refractivity contribution in [2.45, 2.75) is 26.4 Å². The molecule has 2 aromatic rings. The van der Waals surface area contributed by atoms with Gasteiger partial charge in [-0.1, -0.05) is 29.8 Å². The molecule has 0 bridgehead atoms. The van der Waals surface area contributed by atoms with Gasteiger partial charge in [0, 0.05) is 16.8 Å². The molecule has 0 aliphatic rings. The zero-order valence-corrected chi connectivity index (χ0v) is 14.3. The number of nitrogens with two attached hydrogens (primary N) is 1. The van der Waals surface area contributed by atoms with Crippen LogP contribution < -0.4 is 16.0 Å². The molecule has 1 unspecified atom stereocenters. The molecule has 0 saturated carbocycles. The number of quaternary nitrogens is 1. The minimum atomic E-state index is -0.483. The molecule has 2 rings (SSSR count). The highest BCUT2D eigenvalue weighted by Gasteiger charge is 2.22. The number of likely N-dealkylation sites (N-methyl/N-ethyl adjacent to an activating group) is 1. The summed E-state index contributed by atoms with van der Waals surface area (Å²) < 4.78 is 0. The third kappa shape index (κ3) is 4.67. The number of amides is 2. The highest BCUT2D eigenvalue weighted by Crippen LogP contribution is 2.09. The van der Waals surface area contributed by atoms with Crippen LogP contribution in [0.5, 0.6) is 0 Å². The predicted molar refractivity (Wildman–Crippen MR) is 94.8 cm³/mol. The first-order valence-corrected chi connectivity index (χ1v) is 7.95. The van der Waals surface area contributed by atoms with Gasteiger partial charge in [0.1, 0.15) is 6.54 Å². The van der Waals surface area contributed by atoms with E-state index in [1.165, 1.54) is 11.1 Å². The lowest BCUT2D eigenvalue weighted by Crippen LogP contribution is -3.12. The van der Waals surface area contributed by atoms with E-state index in [1.807, 2.05) is 14.0 Å². The quantitative estimate of drug-likeness (QED) is 0.744. The molecule has 0 aliphatic carbocycles. The third-order valence-electron chi connectivity index (χ3n) is 4.17. The van der Waals surface area contributed by atoms with Crippen molar-refractivity contribution in [3.8, 4) is 0 Å². The lowest BCUT2D eigenvalue weighted by molar-refractivity contribution is -0.907. The second-order valence-electron chi connectivity index (χ2n) is 6.16. The Morgan fingerprint density at radius 3 is 2.21 bits per heavy atom. The summed E-state index contributed by atoms with van der Waals surface area (Å²) in [6.07, 6.45) is 0. The Bertz CT molecular complexity index is 708. The molecule has 24 heavy (non-hydrogen) atoms. The summed E-state index contributed by atoms with van der Waals surface area (Å²) >= 11 is 0. The first-order chi connectivity index (χ1) is 11.4. The molecule has 0 aliphatic heterocycles. The van der Waals surface area contributed by atoms with Gasteiger partial charge in [0.15, 0.2) is 6.04 Å². The van der Waals surface area contributed by atoms with Gasteiger partial charge in [0.2, 0.25) is 5.91 Å². The number of hydrogen-bond donors (Lipinski definition) is 3. The monoisotopic (exact) mass is 326 g/mol. The summed E-state index contributed by atoms with van der Waals surface area (Å²) in [5.74, 6) is -0.546. The molecule has 0 heterocycles. The summed E-state index contributed by atoms with van der Waals surface area (Å²) in [5, 5.41) is 2.87. The molecular weight excluding hydrogens is 302 g/mol. The average Bonchev–Trinajstić information content (AvgIpc) is 2.56. The number of rotatable bonds is 6. The van der Waals surface area contributed by atoms with E-state index in [0.29, 0.717) is 11.3 Å². The smallest absolute Gasteiger partial charge is 0.282 e. The van der Waals surface area contributed by atoms with Crippen molar-refractivity contribution in [1.29, 1.82) is 0 Å². The van der Waals surface area contributed by atoms with E-state index in [1.54, 1.807) is 24.3 Å². The van der Waals surface area contributed by atoms with Gasteiger partial charge < -0.3 is 16.0 Å². The largest absolute Gasteiger partial charge is 0.366 e. The Labute approximate surface area is 142 Å². The van der Waals surface area contributed by atoms with Crippen LogP contribution in [-0.2, 0) is 11.3 Å². The van der Waals surface area contributed by atoms with E-state index in [-0.39, 0.29) is 11.9 Å². The number of carbonyl (C=O) groups excluding carboxylic acids is 2. The zero-order valence-electron chi connectivity index (χ0n) is 14.3. The van der Waals surface area contributed by atoms with Crippen LogP contribution in [-0.4, -0.2) is 24.9 Å². The molecular formula is C19H24N3O2+. The summed E-state index contributed by atoms with van der Waals surface area (Å²) in [4.78, 5) is 24.6. The van der Waals surface area contributed by atoms with Crippen molar-refractivity contribution in [3.63, 3.8) is 0 Å². The van der Waals surface area contributed by atoms with Crippen LogP contribution in [0.2, 0.25) is 0 Å². The maximum absolute atomic E-state index is 12.4. The Kier molecular flexibility index (Phi) is 5.71. The fourth-order valence-electron chi connectivity index (χ4n) is 2.37. The first-order valence-electron chi connectivity index (χ1n) is 7.95. The van der Waals surface area contributed by atoms with E-state index in [2.05, 4.69) is 36.5 Å². The van der Waals surface area contributed by atoms with Crippen molar-refractivity contribution in [1.82, 2.24) is 0 Å². The Hall–Kier alpha value is -2.66. The second kappa shape index (κ2) is 7.75. The standard InChI is InChI=1S/C19H23N3O2/c1-13-4-6-15(7-5-13)12-22(3)14(2)19(24)21-17-10-8-16(9-11-17)18(20)23/h4-11,14H,12H2,1-3H3,(H2,20,23)(H,21,24)/p+1/t14-/m0/s1. The highest BCUT2D eigenvalue weighted by atomic mass is 16.2. The van der Waals surface area contributed by atoms with Gasteiger partial charge in [-0.25, -0.2) is 0 Å². The van der Waals surface area contributed by atoms with Gasteiger partial charge in [-0.05, 0) is 38.1 Å². The minimum Gasteiger partial charge on any atom is -0.366 e. The Morgan fingerprint density at radius 2 is 1.67 bits per heavy atom. The maximum atomic E-state index is 12.4. The van der Waals surface area contributed by atoms with E-state index in [9.17, 15) is 9.59 Å². The molecule has 5 nitrogen and oxygen atoms in total. The lowest BCUT2D eigenvalue weighted by atomic mass is 10.1. The fourth-order valence-corrected chi connectivity index (χ4v) is 2.37. The molecule has 0 saturated heterocycles. The van der Waals surface area contributed by atoms with Crippen LogP contribution in [0.4, 0.5) is 5.69 Å². The van der Waals surface area contributed by atoms with Crippen LogP contribution >= 0.6 is 0 Å². The molecule has 4 N–H and O–H groups in total. The second-order valence-corrected chi connectivity index (χ2v) is 6.16. The van der Waals surface area contributed by atoms with Gasteiger partial charge in [0.25, 0.3) is 5.91 Å². The number of benzene rings is 2. The average molecular weight is 326 g/mol. The number of primary amides is 1. The normalized spacial score (nSPS) is 13.1. The van der Waals surface area contributed by atoms with Crippen molar-refractivity contribution in [2.24, 2.45) is 5.73 Å². The van der Waals surface area contributed by atoms with Gasteiger partial charge in [0.05, 0.1) is 7.05 Å². The molecule has 2 atom stereocenters. The van der Waals surface area contributed by atoms with Crippen molar-refractivity contribution >= 4 is 17.5 Å². The van der Waals surface area contributed by atoms with Gasteiger partial charge in [-0.3, -0.25) is 9.59 Å². The topological polar surface area (TPSA) is 76.6 Å². The van der Waals surface area contributed by atoms with E-state index in [4.69, 9.17) is 5.73 Å². The Balaban J connectivity index is 1.95. The SMILES string of the molecule is Cc1ccc(C[NH+](C)[C@@H](C)C(=O)Nc2ccc(C(N)=O)cc2)cc1. The van der Waals surface area contributed by atoms with Crippen molar-refractivity contribution < 1.29 is 14.5 Å². The van der Waals surface area contributed by atoms with E-state index < -0.39 is 5.91 Å². The van der Waals surface area contributed by atoms with E-state index >= 15 is 0 Å². The molecule has 0 fully saturated rings. The molecule has 2 aromatic carbocycles. The summed E-state index contributed by atoms with van der Waals surface area (Å²) in [5.41, 5.74) is 8.70. The van der Waals surface area contributed by atoms with Crippen LogP contribution in [0.25, 0.3) is 0 Å². The molecule has 5 heteroatoms. The lowest BCUT2D eigenvalue weighted by Gasteiger charge is -2.21. The third-order valence-corrected chi connectivity index (χ3v) is 4.17. The van der Waals surface area contributed by atoms with Crippen molar-refractivity contribution in [3.05, 3.63) is 65.2 Å². The number of anilines is 1. The fraction of sp³-hybridized carbons (Fsp3) is 0.263. The molecule has 0 aromatic heterocycles. The summed E-state index contributed by atoms with van der Waals surface area (Å²) in [6, 6.07) is 14.7. The van der Waals surface area contributed by atoms with Crippen molar-refractivity contribution in [2.75, 3.05) is 12.4 Å². The van der Waals surface area contributed by atoms with Gasteiger partial charge in [-0.2, -0.15) is 0 Å². The first kappa shape index (κ1) is 17.7. The Morgan fingerprint density at radius 1 is 1.08 bits per heavy atom. The van der Waals surface area contributed by atoms with Gasteiger partial charge >= 0.3 is 0 Å². The molecule has 0 spiro atoms. The van der Waals surface area contributed by atoms with Crippen LogP contribution in [0, 0.1) is 6.92 Å². The van der Waals surface area contributed by atoms with E-state index in [0.717, 1.165) is 11.4 Å². The zero-order chi connectivity index (χ0) is 17.7. The summed E-state index contributed by atoms with van der Waals surface area (Å²) in [7, 11) is 2.00. The molecule has 0 radical (unpaired) electrons. The van der Waals surface area contributed by atoms with Crippen LogP contribution in [0.1, 0.15) is 28.4 Å².